The third kappa shape index (κ3) is 1.56. The van der Waals surface area contributed by atoms with Crippen LogP contribution in [0.15, 0.2) is 6.07 Å². The minimum Gasteiger partial charge on any atom is -0.276 e. The van der Waals surface area contributed by atoms with Gasteiger partial charge in [0.25, 0.3) is 0 Å². The first-order valence-electron chi connectivity index (χ1n) is 7.64. The molecule has 0 spiro atoms. The molecule has 5 heterocycles. The zero-order chi connectivity index (χ0) is 14.1. The molecule has 4 bridgehead atoms. The average molecular weight is 272 g/mol. The predicted octanol–water partition coefficient (Wildman–Crippen LogP) is 1.45. The molecule has 5 rings (SSSR count). The molecule has 1 aromatic rings. The predicted molar refractivity (Wildman–Crippen MR) is 79.4 cm³/mol. The lowest BCUT2D eigenvalue weighted by Crippen LogP contribution is -2.77. The van der Waals surface area contributed by atoms with E-state index in [0.717, 1.165) is 25.7 Å². The highest BCUT2D eigenvalue weighted by molar-refractivity contribution is 5.42. The lowest BCUT2D eigenvalue weighted by Gasteiger charge is -2.64. The fourth-order valence-electron chi connectivity index (χ4n) is 4.98. The van der Waals surface area contributed by atoms with Crippen LogP contribution in [0.5, 0.6) is 0 Å². The Morgan fingerprint density at radius 3 is 2.35 bits per heavy atom. The minimum atomic E-state index is 0.240. The molecule has 4 saturated heterocycles. The van der Waals surface area contributed by atoms with Crippen molar-refractivity contribution in [2.24, 2.45) is 0 Å². The van der Waals surface area contributed by atoms with Gasteiger partial charge in [-0.25, -0.2) is 0 Å². The molecular weight excluding hydrogens is 248 g/mol. The van der Waals surface area contributed by atoms with Gasteiger partial charge in [-0.3, -0.25) is 19.7 Å². The van der Waals surface area contributed by atoms with Gasteiger partial charge >= 0.3 is 0 Å². The molecule has 108 valence electrons. The van der Waals surface area contributed by atoms with Gasteiger partial charge in [-0.1, -0.05) is 0 Å². The zero-order valence-corrected chi connectivity index (χ0v) is 13.0. The van der Waals surface area contributed by atoms with Crippen LogP contribution in [0.4, 0.5) is 0 Å². The maximum absolute atomic E-state index is 4.77. The monoisotopic (exact) mass is 272 g/mol. The second-order valence-electron chi connectivity index (χ2n) is 7.04. The third-order valence-electron chi connectivity index (χ3n) is 5.55. The minimum absolute atomic E-state index is 0.240. The third-order valence-corrected chi connectivity index (χ3v) is 5.55. The SMILES string of the molecule is Cc1cc(C)c(C23CN4CN(CN(C4)[C@@H]2C)C3)c(C)n1. The molecule has 0 aromatic carbocycles. The van der Waals surface area contributed by atoms with Gasteiger partial charge in [0.15, 0.2) is 0 Å². The van der Waals surface area contributed by atoms with Crippen LogP contribution in [0.25, 0.3) is 0 Å². The van der Waals surface area contributed by atoms with Crippen LogP contribution in [0.2, 0.25) is 0 Å². The van der Waals surface area contributed by atoms with Crippen LogP contribution in [0, 0.1) is 20.8 Å². The highest BCUT2D eigenvalue weighted by Crippen LogP contribution is 2.44. The number of rotatable bonds is 1. The summed E-state index contributed by atoms with van der Waals surface area (Å²) in [6.07, 6.45) is 0. The maximum atomic E-state index is 4.77. The highest BCUT2D eigenvalue weighted by atomic mass is 15.5. The van der Waals surface area contributed by atoms with E-state index in [0.29, 0.717) is 6.04 Å². The van der Waals surface area contributed by atoms with Crippen LogP contribution in [0.3, 0.4) is 0 Å². The maximum Gasteiger partial charge on any atom is 0.0533 e. The van der Waals surface area contributed by atoms with E-state index in [-0.39, 0.29) is 5.41 Å². The summed E-state index contributed by atoms with van der Waals surface area (Å²) < 4.78 is 0. The van der Waals surface area contributed by atoms with Gasteiger partial charge in [-0.2, -0.15) is 0 Å². The second-order valence-corrected chi connectivity index (χ2v) is 7.04. The normalized spacial score (nSPS) is 42.2. The first-order chi connectivity index (χ1) is 9.49. The summed E-state index contributed by atoms with van der Waals surface area (Å²) in [4.78, 5) is 12.6. The Labute approximate surface area is 121 Å². The van der Waals surface area contributed by atoms with E-state index in [1.807, 2.05) is 0 Å². The highest BCUT2D eigenvalue weighted by Gasteiger charge is 2.55. The number of pyridine rings is 1. The number of nitrogens with zero attached hydrogens (tertiary/aromatic N) is 4. The van der Waals surface area contributed by atoms with Crippen molar-refractivity contribution in [3.8, 4) is 0 Å². The molecule has 4 heteroatoms. The lowest BCUT2D eigenvalue weighted by molar-refractivity contribution is -0.172. The van der Waals surface area contributed by atoms with Gasteiger partial charge in [0.1, 0.15) is 0 Å². The average Bonchev–Trinajstić information content (AvgIpc) is 2.33. The van der Waals surface area contributed by atoms with Gasteiger partial charge in [0.2, 0.25) is 0 Å². The summed E-state index contributed by atoms with van der Waals surface area (Å²) in [5, 5.41) is 0. The number of aryl methyl sites for hydroxylation is 3. The molecule has 4 aliphatic rings. The quantitative estimate of drug-likeness (QED) is 0.772. The number of aromatic nitrogens is 1. The van der Waals surface area contributed by atoms with E-state index in [1.165, 1.54) is 29.9 Å². The Morgan fingerprint density at radius 2 is 1.75 bits per heavy atom. The number of hydrogen-bond acceptors (Lipinski definition) is 4. The summed E-state index contributed by atoms with van der Waals surface area (Å²) in [7, 11) is 0. The Balaban J connectivity index is 1.88. The molecule has 20 heavy (non-hydrogen) atoms. The van der Waals surface area contributed by atoms with Crippen molar-refractivity contribution >= 4 is 0 Å². The molecule has 4 nitrogen and oxygen atoms in total. The van der Waals surface area contributed by atoms with Crippen LogP contribution in [-0.4, -0.2) is 58.8 Å². The summed E-state index contributed by atoms with van der Waals surface area (Å²) >= 11 is 0. The molecule has 4 aliphatic heterocycles. The molecule has 0 N–H and O–H groups in total. The van der Waals surface area contributed by atoms with Gasteiger partial charge in [-0.05, 0) is 44.9 Å². The van der Waals surface area contributed by atoms with Crippen molar-refractivity contribution in [1.82, 2.24) is 19.7 Å². The summed E-state index contributed by atoms with van der Waals surface area (Å²) in [5.41, 5.74) is 5.55. The molecule has 0 amide bonds. The van der Waals surface area contributed by atoms with Crippen LogP contribution < -0.4 is 0 Å². The molecule has 1 aromatic heterocycles. The fraction of sp³-hybridized carbons (Fsp3) is 0.688. The first-order valence-corrected chi connectivity index (χ1v) is 7.64. The van der Waals surface area contributed by atoms with Gasteiger partial charge in [0.05, 0.1) is 20.0 Å². The molecule has 0 aliphatic carbocycles. The Kier molecular flexibility index (Phi) is 2.57. The molecule has 4 fully saturated rings. The van der Waals surface area contributed by atoms with E-state index >= 15 is 0 Å². The van der Waals surface area contributed by atoms with E-state index < -0.39 is 0 Å². The zero-order valence-electron chi connectivity index (χ0n) is 13.0. The standard InChI is InChI=1S/C16H24N4/c1-11-5-12(2)17-13(3)15(11)16-6-18-8-19(7-16)10-20(9-18)14(16)4/h5,14H,6-10H2,1-4H3/t14-/m1/s1. The van der Waals surface area contributed by atoms with Crippen molar-refractivity contribution in [2.45, 2.75) is 39.2 Å². The molecule has 0 radical (unpaired) electrons. The van der Waals surface area contributed by atoms with E-state index in [9.17, 15) is 0 Å². The molecular formula is C16H24N4. The van der Waals surface area contributed by atoms with Crippen molar-refractivity contribution in [2.75, 3.05) is 33.1 Å². The van der Waals surface area contributed by atoms with E-state index in [4.69, 9.17) is 4.98 Å². The van der Waals surface area contributed by atoms with Gasteiger partial charge in [-0.15, -0.1) is 0 Å². The lowest BCUT2D eigenvalue weighted by atomic mass is 9.68. The largest absolute Gasteiger partial charge is 0.276 e. The first kappa shape index (κ1) is 12.7. The molecule has 2 unspecified atom stereocenters. The van der Waals surface area contributed by atoms with Crippen molar-refractivity contribution in [3.63, 3.8) is 0 Å². The van der Waals surface area contributed by atoms with Crippen molar-refractivity contribution < 1.29 is 0 Å². The van der Waals surface area contributed by atoms with E-state index in [2.05, 4.69) is 48.5 Å². The summed E-state index contributed by atoms with van der Waals surface area (Å²) in [6.45, 7) is 14.8. The number of hydrogen-bond donors (Lipinski definition) is 0. The van der Waals surface area contributed by atoms with Crippen LogP contribution in [0.1, 0.15) is 29.4 Å². The van der Waals surface area contributed by atoms with Gasteiger partial charge < -0.3 is 0 Å². The topological polar surface area (TPSA) is 22.6 Å². The Bertz CT molecular complexity index is 531. The Morgan fingerprint density at radius 1 is 1.10 bits per heavy atom. The fourth-order valence-corrected chi connectivity index (χ4v) is 4.98. The Hall–Kier alpha value is -0.970. The van der Waals surface area contributed by atoms with Crippen LogP contribution >= 0.6 is 0 Å². The molecule has 0 saturated carbocycles. The summed E-state index contributed by atoms with van der Waals surface area (Å²) in [6, 6.07) is 2.87. The van der Waals surface area contributed by atoms with Crippen molar-refractivity contribution in [3.05, 3.63) is 28.6 Å². The summed E-state index contributed by atoms with van der Waals surface area (Å²) in [5.74, 6) is 0. The smallest absolute Gasteiger partial charge is 0.0533 e. The van der Waals surface area contributed by atoms with Gasteiger partial charge in [0, 0.05) is 35.9 Å². The second kappa shape index (κ2) is 4.03. The van der Waals surface area contributed by atoms with Crippen LogP contribution in [-0.2, 0) is 5.41 Å². The molecule has 3 atom stereocenters. The van der Waals surface area contributed by atoms with E-state index in [1.54, 1.807) is 0 Å². The van der Waals surface area contributed by atoms with Crippen molar-refractivity contribution in [1.29, 1.82) is 0 Å².